The Kier molecular flexibility index (Phi) is 7.97. The number of anilines is 1. The summed E-state index contributed by atoms with van der Waals surface area (Å²) in [6, 6.07) is 15.7. The van der Waals surface area contributed by atoms with Crippen LogP contribution in [-0.4, -0.2) is 44.5 Å². The van der Waals surface area contributed by atoms with Gasteiger partial charge < -0.3 is 29.2 Å². The third-order valence-electron chi connectivity index (χ3n) is 6.17. The van der Waals surface area contributed by atoms with E-state index >= 15 is 0 Å². The maximum Gasteiger partial charge on any atom is 0.416 e. The number of hydrogen-bond acceptors (Lipinski definition) is 5. The minimum atomic E-state index is -4.45. The summed E-state index contributed by atoms with van der Waals surface area (Å²) in [5, 5.41) is 3.26. The predicted octanol–water partition coefficient (Wildman–Crippen LogP) is 6.11. The van der Waals surface area contributed by atoms with Crippen LogP contribution in [0.5, 0.6) is 23.0 Å². The van der Waals surface area contributed by atoms with E-state index in [0.29, 0.717) is 36.0 Å². The Balaban J connectivity index is 1.66. The van der Waals surface area contributed by atoms with E-state index in [9.17, 15) is 13.2 Å². The minimum Gasteiger partial charge on any atom is -0.493 e. The van der Waals surface area contributed by atoms with E-state index in [2.05, 4.69) is 5.32 Å². The van der Waals surface area contributed by atoms with Crippen molar-refractivity contribution in [1.82, 2.24) is 4.90 Å². The Morgan fingerprint density at radius 2 is 1.59 bits per heavy atom. The largest absolute Gasteiger partial charge is 0.493 e. The number of fused-ring (bicyclic) bond motifs is 1. The molecule has 0 aliphatic carbocycles. The number of nitrogens with zero attached hydrogens (tertiary/aromatic N) is 1. The van der Waals surface area contributed by atoms with Gasteiger partial charge in [-0.15, -0.1) is 0 Å². The molecule has 196 valence electrons. The molecule has 0 bridgehead atoms. The highest BCUT2D eigenvalue weighted by molar-refractivity contribution is 7.80. The van der Waals surface area contributed by atoms with Gasteiger partial charge in [0.15, 0.2) is 28.1 Å². The number of thiocarbonyl (C=S) groups is 1. The average Bonchev–Trinajstić information content (AvgIpc) is 2.90. The second-order valence-electron chi connectivity index (χ2n) is 8.34. The smallest absolute Gasteiger partial charge is 0.416 e. The van der Waals surface area contributed by atoms with Crippen LogP contribution in [-0.2, 0) is 12.6 Å². The molecule has 1 atom stereocenters. The van der Waals surface area contributed by atoms with Gasteiger partial charge >= 0.3 is 6.18 Å². The van der Waals surface area contributed by atoms with Crippen molar-refractivity contribution in [3.8, 4) is 23.0 Å². The summed E-state index contributed by atoms with van der Waals surface area (Å²) < 4.78 is 62.3. The Hall–Kier alpha value is -3.66. The van der Waals surface area contributed by atoms with Gasteiger partial charge in [0.05, 0.1) is 32.9 Å². The van der Waals surface area contributed by atoms with E-state index < -0.39 is 11.7 Å². The lowest BCUT2D eigenvalue weighted by molar-refractivity contribution is -0.137. The van der Waals surface area contributed by atoms with Crippen molar-refractivity contribution >= 4 is 23.0 Å². The van der Waals surface area contributed by atoms with E-state index in [0.717, 1.165) is 23.3 Å². The van der Waals surface area contributed by atoms with Crippen LogP contribution in [0, 0.1) is 0 Å². The fourth-order valence-electron chi connectivity index (χ4n) is 4.33. The monoisotopic (exact) mass is 532 g/mol. The maximum atomic E-state index is 13.2. The normalized spacial score (nSPS) is 15.0. The SMILES string of the molecule is COc1cc2c(cc1OC)[C@H](COc1ccccc1OC)N(C(=S)Nc1cccc(C(F)(F)F)c1)CC2. The molecule has 6 nitrogen and oxygen atoms in total. The highest BCUT2D eigenvalue weighted by atomic mass is 32.1. The molecule has 37 heavy (non-hydrogen) atoms. The first-order valence-corrected chi connectivity index (χ1v) is 11.9. The third kappa shape index (κ3) is 5.85. The molecule has 0 radical (unpaired) electrons. The van der Waals surface area contributed by atoms with Crippen molar-refractivity contribution < 1.29 is 32.1 Å². The fourth-order valence-corrected chi connectivity index (χ4v) is 4.66. The van der Waals surface area contributed by atoms with Crippen molar-refractivity contribution in [2.24, 2.45) is 0 Å². The van der Waals surface area contributed by atoms with Crippen LogP contribution >= 0.6 is 12.2 Å². The van der Waals surface area contributed by atoms with Crippen LogP contribution in [0.1, 0.15) is 22.7 Å². The first kappa shape index (κ1) is 26.4. The van der Waals surface area contributed by atoms with Gasteiger partial charge in [-0.05, 0) is 72.2 Å². The predicted molar refractivity (Wildman–Crippen MR) is 139 cm³/mol. The molecule has 1 aliphatic heterocycles. The number of rotatable bonds is 7. The quantitative estimate of drug-likeness (QED) is 0.369. The third-order valence-corrected chi connectivity index (χ3v) is 6.51. The number of benzene rings is 3. The summed E-state index contributed by atoms with van der Waals surface area (Å²) in [7, 11) is 4.70. The zero-order valence-corrected chi connectivity index (χ0v) is 21.4. The van der Waals surface area contributed by atoms with Crippen molar-refractivity contribution in [3.63, 3.8) is 0 Å². The van der Waals surface area contributed by atoms with E-state index in [1.807, 2.05) is 29.2 Å². The number of hydrogen-bond donors (Lipinski definition) is 1. The van der Waals surface area contributed by atoms with E-state index in [-0.39, 0.29) is 23.4 Å². The Morgan fingerprint density at radius 1 is 0.919 bits per heavy atom. The second-order valence-corrected chi connectivity index (χ2v) is 8.72. The number of halogens is 3. The van der Waals surface area contributed by atoms with Gasteiger partial charge in [0, 0.05) is 12.2 Å². The molecule has 0 fully saturated rings. The molecule has 0 saturated carbocycles. The van der Waals surface area contributed by atoms with Gasteiger partial charge in [0.1, 0.15) is 6.61 Å². The van der Waals surface area contributed by atoms with Gasteiger partial charge in [-0.2, -0.15) is 13.2 Å². The van der Waals surface area contributed by atoms with Gasteiger partial charge in [0.25, 0.3) is 0 Å². The van der Waals surface area contributed by atoms with E-state index in [4.69, 9.17) is 31.2 Å². The number of alkyl halides is 3. The summed E-state index contributed by atoms with van der Waals surface area (Å²) in [6.07, 6.45) is -3.81. The fraction of sp³-hybridized carbons (Fsp3) is 0.296. The zero-order valence-electron chi connectivity index (χ0n) is 20.6. The lowest BCUT2D eigenvalue weighted by atomic mass is 9.92. The van der Waals surface area contributed by atoms with Crippen molar-refractivity contribution in [2.75, 3.05) is 39.8 Å². The van der Waals surface area contributed by atoms with Crippen LogP contribution in [0.4, 0.5) is 18.9 Å². The van der Waals surface area contributed by atoms with E-state index in [1.54, 1.807) is 39.5 Å². The topological polar surface area (TPSA) is 52.2 Å². The number of methoxy groups -OCH3 is 3. The summed E-state index contributed by atoms with van der Waals surface area (Å²) >= 11 is 5.69. The Bertz CT molecular complexity index is 1270. The first-order valence-electron chi connectivity index (χ1n) is 11.5. The Morgan fingerprint density at radius 3 is 2.27 bits per heavy atom. The molecule has 0 spiro atoms. The van der Waals surface area contributed by atoms with Crippen LogP contribution in [0.3, 0.4) is 0 Å². The molecule has 3 aromatic carbocycles. The number of ether oxygens (including phenoxy) is 4. The standard InChI is InChI=1S/C27H27F3N2O4S/c1-33-22-9-4-5-10-23(22)36-16-21-20-15-25(35-3)24(34-2)13-17(20)11-12-32(21)26(37)31-19-8-6-7-18(14-19)27(28,29)30/h4-10,13-15,21H,11-12,16H2,1-3H3,(H,31,37)/t21-/m0/s1. The average molecular weight is 533 g/mol. The number of para-hydroxylation sites is 2. The van der Waals surface area contributed by atoms with Crippen molar-refractivity contribution in [3.05, 3.63) is 77.4 Å². The molecular formula is C27H27F3N2O4S. The maximum absolute atomic E-state index is 13.2. The molecule has 0 saturated heterocycles. The van der Waals surface area contributed by atoms with Gasteiger partial charge in [-0.25, -0.2) is 0 Å². The lowest BCUT2D eigenvalue weighted by Gasteiger charge is -2.39. The van der Waals surface area contributed by atoms with Crippen LogP contribution in [0.15, 0.2) is 60.7 Å². The summed E-state index contributed by atoms with van der Waals surface area (Å²) in [5.74, 6) is 2.32. The summed E-state index contributed by atoms with van der Waals surface area (Å²) in [5.41, 5.74) is 1.47. The van der Waals surface area contributed by atoms with Crippen LogP contribution in [0.25, 0.3) is 0 Å². The zero-order chi connectivity index (χ0) is 26.6. The van der Waals surface area contributed by atoms with Crippen LogP contribution < -0.4 is 24.3 Å². The van der Waals surface area contributed by atoms with Gasteiger partial charge in [0.2, 0.25) is 0 Å². The summed E-state index contributed by atoms with van der Waals surface area (Å²) in [4.78, 5) is 1.92. The lowest BCUT2D eigenvalue weighted by Crippen LogP contribution is -2.44. The first-order chi connectivity index (χ1) is 17.7. The molecule has 10 heteroatoms. The van der Waals surface area contributed by atoms with Crippen LogP contribution in [0.2, 0.25) is 0 Å². The second kappa shape index (κ2) is 11.2. The molecule has 3 aromatic rings. The number of nitrogens with one attached hydrogen (secondary N) is 1. The molecule has 1 heterocycles. The molecular weight excluding hydrogens is 505 g/mol. The molecule has 4 rings (SSSR count). The summed E-state index contributed by atoms with van der Waals surface area (Å²) in [6.45, 7) is 0.723. The highest BCUT2D eigenvalue weighted by Gasteiger charge is 2.33. The molecule has 1 N–H and O–H groups in total. The van der Waals surface area contributed by atoms with Gasteiger partial charge in [-0.1, -0.05) is 18.2 Å². The molecule has 0 aromatic heterocycles. The minimum absolute atomic E-state index is 0.202. The Labute approximate surface area is 218 Å². The molecule has 0 unspecified atom stereocenters. The van der Waals surface area contributed by atoms with Gasteiger partial charge in [-0.3, -0.25) is 0 Å². The van der Waals surface area contributed by atoms with E-state index in [1.165, 1.54) is 6.07 Å². The van der Waals surface area contributed by atoms with Crippen molar-refractivity contribution in [2.45, 2.75) is 18.6 Å². The molecule has 1 aliphatic rings. The highest BCUT2D eigenvalue weighted by Crippen LogP contribution is 2.39. The van der Waals surface area contributed by atoms with Crippen molar-refractivity contribution in [1.29, 1.82) is 0 Å². The molecule has 0 amide bonds.